The van der Waals surface area contributed by atoms with E-state index in [0.29, 0.717) is 11.3 Å². The van der Waals surface area contributed by atoms with Gasteiger partial charge in [0.25, 0.3) is 0 Å². The average molecular weight is 351 g/mol. The summed E-state index contributed by atoms with van der Waals surface area (Å²) >= 11 is 0. The van der Waals surface area contributed by atoms with Gasteiger partial charge in [0.15, 0.2) is 0 Å². The first-order valence-corrected chi connectivity index (χ1v) is 8.47. The van der Waals surface area contributed by atoms with Gasteiger partial charge in [-0.15, -0.1) is 0 Å². The first-order valence-electron chi connectivity index (χ1n) is 8.47. The lowest BCUT2D eigenvalue weighted by molar-refractivity contribution is -0.128. The van der Waals surface area contributed by atoms with Crippen LogP contribution in [0.5, 0.6) is 5.75 Å². The number of esters is 1. The number of allylic oxidation sites excluding steroid dienone is 1. The molecule has 0 saturated carbocycles. The van der Waals surface area contributed by atoms with E-state index in [1.54, 1.807) is 30.4 Å². The van der Waals surface area contributed by atoms with Crippen molar-refractivity contribution in [2.24, 2.45) is 0 Å². The lowest BCUT2D eigenvalue weighted by atomic mass is 10.0. The van der Waals surface area contributed by atoms with Gasteiger partial charge in [-0.05, 0) is 41.0 Å². The second-order valence-electron chi connectivity index (χ2n) is 5.77. The summed E-state index contributed by atoms with van der Waals surface area (Å²) < 4.78 is 5.36. The van der Waals surface area contributed by atoms with Crippen LogP contribution in [0.15, 0.2) is 91.0 Å². The zero-order valence-electron chi connectivity index (χ0n) is 14.6. The molecule has 130 valence electrons. The van der Waals surface area contributed by atoms with Gasteiger partial charge in [0.2, 0.25) is 0 Å². The summed E-state index contributed by atoms with van der Waals surface area (Å²) in [5, 5.41) is 9.42. The van der Waals surface area contributed by atoms with Gasteiger partial charge >= 0.3 is 5.97 Å². The van der Waals surface area contributed by atoms with Crippen molar-refractivity contribution in [2.45, 2.75) is 0 Å². The fraction of sp³-hybridized carbons (Fsp3) is 0. The smallest absolute Gasteiger partial charge is 0.336 e. The summed E-state index contributed by atoms with van der Waals surface area (Å²) in [4.78, 5) is 12.0. The molecule has 0 aliphatic rings. The number of ether oxygens (including phenoxy) is 1. The molecule has 0 aliphatic heterocycles. The Hall–Kier alpha value is -3.90. The second kappa shape index (κ2) is 8.98. The zero-order valence-corrected chi connectivity index (χ0v) is 14.6. The van der Waals surface area contributed by atoms with Crippen molar-refractivity contribution in [2.75, 3.05) is 0 Å². The molecule has 0 heterocycles. The third kappa shape index (κ3) is 5.29. The first kappa shape index (κ1) is 17.9. The lowest BCUT2D eigenvalue weighted by Gasteiger charge is -2.04. The highest BCUT2D eigenvalue weighted by Crippen LogP contribution is 2.20. The SMILES string of the molecule is N#C/C(=C/c1cccc(OC(=O)/C=C/c2ccccc2)c1)c1ccccc1. The van der Waals surface area contributed by atoms with E-state index >= 15 is 0 Å². The van der Waals surface area contributed by atoms with Crippen molar-refractivity contribution in [1.29, 1.82) is 5.26 Å². The van der Waals surface area contributed by atoms with Crippen LogP contribution in [0.3, 0.4) is 0 Å². The highest BCUT2D eigenvalue weighted by atomic mass is 16.5. The molecule has 27 heavy (non-hydrogen) atoms. The van der Waals surface area contributed by atoms with Gasteiger partial charge in [0, 0.05) is 6.08 Å². The molecule has 0 spiro atoms. The maximum Gasteiger partial charge on any atom is 0.336 e. The Bertz CT molecular complexity index is 1010. The molecular formula is C24H17NO2. The van der Waals surface area contributed by atoms with Crippen LogP contribution in [0.2, 0.25) is 0 Å². The minimum Gasteiger partial charge on any atom is -0.423 e. The minimum atomic E-state index is -0.455. The van der Waals surface area contributed by atoms with Gasteiger partial charge in [-0.1, -0.05) is 72.8 Å². The van der Waals surface area contributed by atoms with Crippen LogP contribution >= 0.6 is 0 Å². The predicted octanol–water partition coefficient (Wildman–Crippen LogP) is 5.37. The molecule has 0 unspecified atom stereocenters. The number of benzene rings is 3. The number of nitriles is 1. The van der Waals surface area contributed by atoms with E-state index in [-0.39, 0.29) is 0 Å². The summed E-state index contributed by atoms with van der Waals surface area (Å²) in [7, 11) is 0. The standard InChI is InChI=1S/C24H17NO2/c25-18-22(21-11-5-2-6-12-21)16-20-10-7-13-23(17-20)27-24(26)15-14-19-8-3-1-4-9-19/h1-17H/b15-14+,22-16-. The predicted molar refractivity (Wildman–Crippen MR) is 107 cm³/mol. The van der Waals surface area contributed by atoms with Crippen molar-refractivity contribution in [3.05, 3.63) is 108 Å². The fourth-order valence-corrected chi connectivity index (χ4v) is 2.51. The van der Waals surface area contributed by atoms with Crippen LogP contribution in [-0.4, -0.2) is 5.97 Å². The Morgan fingerprint density at radius 3 is 2.22 bits per heavy atom. The van der Waals surface area contributed by atoms with Gasteiger partial charge in [-0.2, -0.15) is 5.26 Å². The largest absolute Gasteiger partial charge is 0.423 e. The number of hydrogen-bond acceptors (Lipinski definition) is 3. The molecule has 0 aliphatic carbocycles. The van der Waals surface area contributed by atoms with Gasteiger partial charge < -0.3 is 4.74 Å². The Balaban J connectivity index is 1.74. The number of nitrogens with zero attached hydrogens (tertiary/aromatic N) is 1. The maximum atomic E-state index is 12.0. The molecule has 0 aromatic heterocycles. The number of hydrogen-bond donors (Lipinski definition) is 0. The fourth-order valence-electron chi connectivity index (χ4n) is 2.51. The van der Waals surface area contributed by atoms with Crippen molar-refractivity contribution < 1.29 is 9.53 Å². The number of carbonyl (C=O) groups excluding carboxylic acids is 1. The van der Waals surface area contributed by atoms with Gasteiger partial charge in [-0.25, -0.2) is 4.79 Å². The highest BCUT2D eigenvalue weighted by molar-refractivity contribution is 5.90. The summed E-state index contributed by atoms with van der Waals surface area (Å²) in [6.07, 6.45) is 4.87. The number of carbonyl (C=O) groups is 1. The Labute approximate surface area is 158 Å². The van der Waals surface area contributed by atoms with E-state index in [1.165, 1.54) is 6.08 Å². The molecule has 0 bridgehead atoms. The lowest BCUT2D eigenvalue weighted by Crippen LogP contribution is -2.03. The second-order valence-corrected chi connectivity index (χ2v) is 5.77. The van der Waals surface area contributed by atoms with Crippen molar-refractivity contribution in [3.8, 4) is 11.8 Å². The van der Waals surface area contributed by atoms with Crippen LogP contribution in [0.1, 0.15) is 16.7 Å². The van der Waals surface area contributed by atoms with E-state index in [2.05, 4.69) is 6.07 Å². The summed E-state index contributed by atoms with van der Waals surface area (Å²) in [6, 6.07) is 28.3. The third-order valence-corrected chi connectivity index (χ3v) is 3.80. The molecule has 0 fully saturated rings. The monoisotopic (exact) mass is 351 g/mol. The Morgan fingerprint density at radius 1 is 0.852 bits per heavy atom. The molecule has 0 N–H and O–H groups in total. The van der Waals surface area contributed by atoms with Crippen LogP contribution < -0.4 is 4.74 Å². The Kier molecular flexibility index (Phi) is 5.96. The zero-order chi connectivity index (χ0) is 18.9. The van der Waals surface area contributed by atoms with Crippen LogP contribution in [0.4, 0.5) is 0 Å². The van der Waals surface area contributed by atoms with E-state index in [9.17, 15) is 10.1 Å². The Morgan fingerprint density at radius 2 is 1.52 bits per heavy atom. The van der Waals surface area contributed by atoms with Crippen LogP contribution in [0, 0.1) is 11.3 Å². The molecule has 3 heteroatoms. The minimum absolute atomic E-state index is 0.428. The first-order chi connectivity index (χ1) is 13.2. The summed E-state index contributed by atoms with van der Waals surface area (Å²) in [5.74, 6) is -0.0274. The van der Waals surface area contributed by atoms with Gasteiger partial charge in [-0.3, -0.25) is 0 Å². The molecule has 3 nitrogen and oxygen atoms in total. The van der Waals surface area contributed by atoms with Gasteiger partial charge in [0.05, 0.1) is 11.6 Å². The van der Waals surface area contributed by atoms with E-state index in [0.717, 1.165) is 16.7 Å². The van der Waals surface area contributed by atoms with Crippen LogP contribution in [0.25, 0.3) is 17.7 Å². The van der Waals surface area contributed by atoms with Crippen LogP contribution in [-0.2, 0) is 4.79 Å². The molecular weight excluding hydrogens is 334 g/mol. The highest BCUT2D eigenvalue weighted by Gasteiger charge is 2.04. The molecule has 0 amide bonds. The number of rotatable bonds is 5. The summed E-state index contributed by atoms with van der Waals surface area (Å²) in [5.41, 5.74) is 3.09. The molecule has 0 saturated heterocycles. The topological polar surface area (TPSA) is 50.1 Å². The third-order valence-electron chi connectivity index (χ3n) is 3.80. The summed E-state index contributed by atoms with van der Waals surface area (Å²) in [6.45, 7) is 0. The van der Waals surface area contributed by atoms with Crippen molar-refractivity contribution in [1.82, 2.24) is 0 Å². The van der Waals surface area contributed by atoms with E-state index < -0.39 is 5.97 Å². The van der Waals surface area contributed by atoms with E-state index in [1.807, 2.05) is 66.7 Å². The molecule has 0 atom stereocenters. The quantitative estimate of drug-likeness (QED) is 0.204. The normalized spacial score (nSPS) is 11.1. The molecule has 3 aromatic rings. The molecule has 3 rings (SSSR count). The molecule has 3 aromatic carbocycles. The maximum absolute atomic E-state index is 12.0. The van der Waals surface area contributed by atoms with E-state index in [4.69, 9.17) is 4.74 Å². The molecule has 0 radical (unpaired) electrons. The van der Waals surface area contributed by atoms with Gasteiger partial charge in [0.1, 0.15) is 5.75 Å². The average Bonchev–Trinajstić information content (AvgIpc) is 2.72. The van der Waals surface area contributed by atoms with Crippen molar-refractivity contribution >= 4 is 23.7 Å². The van der Waals surface area contributed by atoms with Crippen molar-refractivity contribution in [3.63, 3.8) is 0 Å².